The zero-order valence-corrected chi connectivity index (χ0v) is 11.7. The Morgan fingerprint density at radius 2 is 1.79 bits per heavy atom. The first kappa shape index (κ1) is 13.6. The monoisotopic (exact) mass is 255 g/mol. The van der Waals surface area contributed by atoms with Crippen LogP contribution in [0.25, 0.3) is 11.6 Å². The van der Waals surface area contributed by atoms with Gasteiger partial charge in [0.25, 0.3) is 0 Å². The molecule has 100 valence electrons. The van der Waals surface area contributed by atoms with Gasteiger partial charge < -0.3 is 10.1 Å². The summed E-state index contributed by atoms with van der Waals surface area (Å²) in [4.78, 5) is 3.18. The van der Waals surface area contributed by atoms with E-state index in [0.29, 0.717) is 0 Å². The van der Waals surface area contributed by atoms with Gasteiger partial charge >= 0.3 is 0 Å². The second-order valence-corrected chi connectivity index (χ2v) is 5.86. The van der Waals surface area contributed by atoms with Gasteiger partial charge in [0.05, 0.1) is 6.10 Å². The van der Waals surface area contributed by atoms with E-state index in [2.05, 4.69) is 4.98 Å². The fourth-order valence-corrected chi connectivity index (χ4v) is 2.01. The van der Waals surface area contributed by atoms with Crippen LogP contribution in [0.2, 0.25) is 0 Å². The molecule has 2 heteroatoms. The molecule has 0 fully saturated rings. The van der Waals surface area contributed by atoms with Crippen molar-refractivity contribution in [3.63, 3.8) is 0 Å². The Kier molecular flexibility index (Phi) is 3.91. The van der Waals surface area contributed by atoms with Crippen molar-refractivity contribution in [3.05, 3.63) is 59.9 Å². The SMILES string of the molecule is CC(C)(C)C(O)C(=Cc1ccccc1)c1ccc[nH]1. The van der Waals surface area contributed by atoms with E-state index in [1.807, 2.05) is 75.5 Å². The highest BCUT2D eigenvalue weighted by molar-refractivity contribution is 5.82. The number of benzene rings is 1. The lowest BCUT2D eigenvalue weighted by molar-refractivity contribution is 0.114. The topological polar surface area (TPSA) is 36.0 Å². The number of aromatic amines is 1. The predicted molar refractivity (Wildman–Crippen MR) is 80.6 cm³/mol. The molecule has 1 atom stereocenters. The predicted octanol–water partition coefficient (Wildman–Crippen LogP) is 3.96. The van der Waals surface area contributed by atoms with Crippen LogP contribution in [0, 0.1) is 5.41 Å². The minimum Gasteiger partial charge on any atom is -0.388 e. The summed E-state index contributed by atoms with van der Waals surface area (Å²) in [6, 6.07) is 14.0. The molecule has 0 spiro atoms. The zero-order valence-electron chi connectivity index (χ0n) is 11.7. The summed E-state index contributed by atoms with van der Waals surface area (Å²) in [6.07, 6.45) is 3.40. The molecule has 1 heterocycles. The van der Waals surface area contributed by atoms with Gasteiger partial charge in [-0.2, -0.15) is 0 Å². The molecular weight excluding hydrogens is 234 g/mol. The van der Waals surface area contributed by atoms with E-state index in [1.165, 1.54) is 0 Å². The summed E-state index contributed by atoms with van der Waals surface area (Å²) >= 11 is 0. The summed E-state index contributed by atoms with van der Waals surface area (Å²) in [5.74, 6) is 0. The molecule has 19 heavy (non-hydrogen) atoms. The first-order valence-corrected chi connectivity index (χ1v) is 6.57. The van der Waals surface area contributed by atoms with Crippen LogP contribution in [0.1, 0.15) is 32.0 Å². The summed E-state index contributed by atoms with van der Waals surface area (Å²) < 4.78 is 0. The van der Waals surface area contributed by atoms with E-state index in [1.54, 1.807) is 0 Å². The minimum atomic E-state index is -0.522. The maximum Gasteiger partial charge on any atom is 0.0858 e. The molecule has 2 rings (SSSR count). The number of aliphatic hydroxyl groups is 1. The molecule has 0 amide bonds. The van der Waals surface area contributed by atoms with Crippen molar-refractivity contribution in [2.24, 2.45) is 5.41 Å². The van der Waals surface area contributed by atoms with E-state index in [4.69, 9.17) is 0 Å². The van der Waals surface area contributed by atoms with Crippen LogP contribution < -0.4 is 0 Å². The molecule has 2 nitrogen and oxygen atoms in total. The van der Waals surface area contributed by atoms with Crippen LogP contribution in [-0.4, -0.2) is 16.2 Å². The van der Waals surface area contributed by atoms with E-state index >= 15 is 0 Å². The lowest BCUT2D eigenvalue weighted by Crippen LogP contribution is -2.27. The zero-order chi connectivity index (χ0) is 13.9. The third-order valence-electron chi connectivity index (χ3n) is 3.15. The van der Waals surface area contributed by atoms with Gasteiger partial charge in [0.2, 0.25) is 0 Å². The molecule has 0 radical (unpaired) electrons. The average molecular weight is 255 g/mol. The van der Waals surface area contributed by atoms with Crippen molar-refractivity contribution in [1.29, 1.82) is 0 Å². The highest BCUT2D eigenvalue weighted by Crippen LogP contribution is 2.31. The number of aromatic nitrogens is 1. The van der Waals surface area contributed by atoms with Gasteiger partial charge in [0, 0.05) is 17.5 Å². The lowest BCUT2D eigenvalue weighted by atomic mass is 9.83. The molecule has 2 aromatic rings. The largest absolute Gasteiger partial charge is 0.388 e. The second-order valence-electron chi connectivity index (χ2n) is 5.86. The maximum atomic E-state index is 10.6. The third-order valence-corrected chi connectivity index (χ3v) is 3.15. The van der Waals surface area contributed by atoms with Crippen LogP contribution in [-0.2, 0) is 0 Å². The molecule has 0 aliphatic rings. The summed E-state index contributed by atoms with van der Waals surface area (Å²) in [6.45, 7) is 6.12. The minimum absolute atomic E-state index is 0.203. The maximum absolute atomic E-state index is 10.6. The fourth-order valence-electron chi connectivity index (χ4n) is 2.01. The number of rotatable bonds is 3. The van der Waals surface area contributed by atoms with Gasteiger partial charge in [-0.25, -0.2) is 0 Å². The number of aliphatic hydroxyl groups excluding tert-OH is 1. The second kappa shape index (κ2) is 5.45. The van der Waals surface area contributed by atoms with Crippen molar-refractivity contribution in [2.45, 2.75) is 26.9 Å². The smallest absolute Gasteiger partial charge is 0.0858 e. The summed E-state index contributed by atoms with van der Waals surface area (Å²) in [5, 5.41) is 10.6. The molecule has 0 aliphatic heterocycles. The van der Waals surface area contributed by atoms with Crippen LogP contribution >= 0.6 is 0 Å². The molecule has 2 N–H and O–H groups in total. The quantitative estimate of drug-likeness (QED) is 0.855. The van der Waals surface area contributed by atoms with E-state index in [9.17, 15) is 5.11 Å². The number of hydrogen-bond acceptors (Lipinski definition) is 1. The molecule has 0 saturated heterocycles. The van der Waals surface area contributed by atoms with Crippen LogP contribution in [0.3, 0.4) is 0 Å². The van der Waals surface area contributed by atoms with Crippen molar-refractivity contribution in [2.75, 3.05) is 0 Å². The molecule has 0 aliphatic carbocycles. The first-order valence-electron chi connectivity index (χ1n) is 6.57. The highest BCUT2D eigenvalue weighted by Gasteiger charge is 2.27. The van der Waals surface area contributed by atoms with Crippen molar-refractivity contribution in [1.82, 2.24) is 4.98 Å². The Balaban J connectivity index is 2.44. The van der Waals surface area contributed by atoms with Gasteiger partial charge in [-0.3, -0.25) is 0 Å². The van der Waals surface area contributed by atoms with Gasteiger partial charge in [-0.15, -0.1) is 0 Å². The van der Waals surface area contributed by atoms with Crippen molar-refractivity contribution < 1.29 is 5.11 Å². The Morgan fingerprint density at radius 3 is 2.32 bits per heavy atom. The summed E-state index contributed by atoms with van der Waals surface area (Å²) in [5.41, 5.74) is 2.77. The molecule has 1 aromatic carbocycles. The van der Waals surface area contributed by atoms with Gasteiger partial charge in [-0.05, 0) is 29.2 Å². The van der Waals surface area contributed by atoms with Gasteiger partial charge in [-0.1, -0.05) is 51.1 Å². The van der Waals surface area contributed by atoms with Crippen molar-refractivity contribution >= 4 is 11.6 Å². The Labute approximate surface area is 114 Å². The normalized spacial score (nSPS) is 14.4. The van der Waals surface area contributed by atoms with Crippen molar-refractivity contribution in [3.8, 4) is 0 Å². The number of H-pyrrole nitrogens is 1. The van der Waals surface area contributed by atoms with Gasteiger partial charge in [0.15, 0.2) is 0 Å². The number of nitrogens with one attached hydrogen (secondary N) is 1. The van der Waals surface area contributed by atoms with E-state index in [0.717, 1.165) is 16.8 Å². The lowest BCUT2D eigenvalue weighted by Gasteiger charge is -2.28. The average Bonchev–Trinajstić information content (AvgIpc) is 2.89. The molecular formula is C17H21NO. The molecule has 1 aromatic heterocycles. The van der Waals surface area contributed by atoms with E-state index < -0.39 is 6.10 Å². The Morgan fingerprint density at radius 1 is 1.11 bits per heavy atom. The molecule has 0 saturated carbocycles. The third kappa shape index (κ3) is 3.36. The van der Waals surface area contributed by atoms with Crippen LogP contribution in [0.15, 0.2) is 48.7 Å². The van der Waals surface area contributed by atoms with Gasteiger partial charge in [0.1, 0.15) is 0 Å². The Bertz CT molecular complexity index is 532. The fraction of sp³-hybridized carbons (Fsp3) is 0.294. The van der Waals surface area contributed by atoms with Crippen LogP contribution in [0.4, 0.5) is 0 Å². The standard InChI is InChI=1S/C17H21NO/c1-17(2,3)16(19)14(15-10-7-11-18-15)12-13-8-5-4-6-9-13/h4-12,16,18-19H,1-3H3. The highest BCUT2D eigenvalue weighted by atomic mass is 16.3. The van der Waals surface area contributed by atoms with Crippen LogP contribution in [0.5, 0.6) is 0 Å². The summed E-state index contributed by atoms with van der Waals surface area (Å²) in [7, 11) is 0. The number of hydrogen-bond donors (Lipinski definition) is 2. The molecule has 1 unspecified atom stereocenters. The Hall–Kier alpha value is -1.80. The first-order chi connectivity index (χ1) is 8.98. The molecule has 0 bridgehead atoms. The van der Waals surface area contributed by atoms with E-state index in [-0.39, 0.29) is 5.41 Å².